The van der Waals surface area contributed by atoms with Gasteiger partial charge in [0.15, 0.2) is 0 Å². The number of carboxylic acids is 1. The number of anilines is 2. The Bertz CT molecular complexity index is 3550. The molecule has 17 nitrogen and oxygen atoms in total. The van der Waals surface area contributed by atoms with Gasteiger partial charge in [-0.25, -0.2) is 14.6 Å². The van der Waals surface area contributed by atoms with Crippen LogP contribution >= 0.6 is 69.6 Å². The van der Waals surface area contributed by atoms with Gasteiger partial charge in [0.25, 0.3) is 0 Å². The predicted octanol–water partition coefficient (Wildman–Crippen LogP) is 12.8. The van der Waals surface area contributed by atoms with Gasteiger partial charge >= 0.3 is 5.97 Å². The van der Waals surface area contributed by atoms with Gasteiger partial charge in [-0.05, 0) is 68.1 Å². The topological polar surface area (TPSA) is 211 Å². The Morgan fingerprint density at radius 1 is 0.610 bits per heavy atom. The molecule has 8 heterocycles. The summed E-state index contributed by atoms with van der Waals surface area (Å²) in [4.78, 5) is 34.7. The molecule has 12 rings (SSSR count). The van der Waals surface area contributed by atoms with Crippen LogP contribution in [0.4, 0.5) is 17.3 Å². The fourth-order valence-corrected chi connectivity index (χ4v) is 11.1. The minimum absolute atomic E-state index is 0.0997. The molecule has 3 N–H and O–H groups in total. The van der Waals surface area contributed by atoms with Crippen molar-refractivity contribution in [2.24, 2.45) is 0 Å². The summed E-state index contributed by atoms with van der Waals surface area (Å²) in [6.45, 7) is 8.57. The lowest BCUT2D eigenvalue weighted by atomic mass is 9.86. The molecule has 0 radical (unpaired) electrons. The lowest BCUT2D eigenvalue weighted by molar-refractivity contribution is 0.00675. The SMILES string of the molecule is O=C(O)c1ccc(N2CC(O)(c3ccc(OCc4c(-c5c(Cl)cncc5Cl)noc4C4CC4)cc3Cl)C2)nc1.[C-]#[N+]c1ccc(N2CC(O)(c3ccc(OCc4c(-c5c(Cl)cncc5Cl)noc4C4CC4)cc3Cl)C2)nc1. The van der Waals surface area contributed by atoms with E-state index in [9.17, 15) is 15.0 Å². The maximum atomic E-state index is 11.2. The summed E-state index contributed by atoms with van der Waals surface area (Å²) in [5.41, 5.74) is 3.15. The van der Waals surface area contributed by atoms with Gasteiger partial charge in [-0.1, -0.05) is 98.1 Å². The number of β-amino-alcohol motifs (C(OH)–C–C–N with tert-alkyl or cyclic N) is 2. The van der Waals surface area contributed by atoms with Crippen LogP contribution in [-0.4, -0.2) is 77.7 Å². The highest BCUT2D eigenvalue weighted by molar-refractivity contribution is 6.39. The highest BCUT2D eigenvalue weighted by Gasteiger charge is 2.46. The molecule has 2 aliphatic heterocycles. The van der Waals surface area contributed by atoms with E-state index in [4.69, 9.17) is 99.8 Å². The van der Waals surface area contributed by atoms with Crippen molar-refractivity contribution in [3.63, 3.8) is 0 Å². The number of aromatic nitrogens is 6. The summed E-state index contributed by atoms with van der Waals surface area (Å²) in [5.74, 6) is 3.38. The minimum Gasteiger partial charge on any atom is -0.489 e. The van der Waals surface area contributed by atoms with Crippen molar-refractivity contribution in [2.75, 3.05) is 36.0 Å². The van der Waals surface area contributed by atoms with Crippen LogP contribution in [0.2, 0.25) is 30.1 Å². The first-order valence-corrected chi connectivity index (χ1v) is 26.2. The van der Waals surface area contributed by atoms with E-state index in [1.54, 1.807) is 54.6 Å². The Balaban J connectivity index is 0.000000164. The zero-order valence-electron chi connectivity index (χ0n) is 40.1. The first-order valence-electron chi connectivity index (χ1n) is 24.0. The largest absolute Gasteiger partial charge is 0.489 e. The Morgan fingerprint density at radius 2 is 1.04 bits per heavy atom. The average Bonchev–Trinajstić information content (AvgIpc) is 4.37. The Kier molecular flexibility index (Phi) is 14.4. The third-order valence-corrected chi connectivity index (χ3v) is 15.4. The van der Waals surface area contributed by atoms with Crippen molar-refractivity contribution >= 4 is 92.9 Å². The second-order valence-corrected chi connectivity index (χ2v) is 21.5. The van der Waals surface area contributed by atoms with Crippen LogP contribution in [0.25, 0.3) is 27.4 Å². The van der Waals surface area contributed by atoms with E-state index in [1.165, 1.54) is 43.2 Å². The molecule has 6 aromatic heterocycles. The molecular formula is C54H41Cl6N9O8. The van der Waals surface area contributed by atoms with Crippen LogP contribution in [0.5, 0.6) is 11.5 Å². The Morgan fingerprint density at radius 3 is 1.39 bits per heavy atom. The number of carbonyl (C=O) groups is 1. The third-order valence-electron chi connectivity index (χ3n) is 13.7. The number of nitrogens with zero attached hydrogens (tertiary/aromatic N) is 9. The number of halogens is 6. The number of hydrogen-bond donors (Lipinski definition) is 3. The van der Waals surface area contributed by atoms with Crippen molar-refractivity contribution in [1.29, 1.82) is 0 Å². The van der Waals surface area contributed by atoms with Gasteiger partial charge in [0.1, 0.15) is 70.5 Å². The van der Waals surface area contributed by atoms with Crippen LogP contribution in [0.1, 0.15) is 81.7 Å². The molecule has 2 saturated carbocycles. The van der Waals surface area contributed by atoms with Gasteiger partial charge in [-0.2, -0.15) is 0 Å². The summed E-state index contributed by atoms with van der Waals surface area (Å²) >= 11 is 38.7. The number of ether oxygens (including phenoxy) is 2. The van der Waals surface area contributed by atoms with E-state index in [2.05, 4.69) is 35.1 Å². The fraction of sp³-hybridized carbons (Fsp3) is 0.259. The number of hydrogen-bond acceptors (Lipinski definition) is 15. The molecule has 0 bridgehead atoms. The second-order valence-electron chi connectivity index (χ2n) is 19.1. The fourth-order valence-electron chi connectivity index (χ4n) is 9.33. The summed E-state index contributed by atoms with van der Waals surface area (Å²) < 4.78 is 23.6. The number of rotatable bonds is 15. The lowest BCUT2D eigenvalue weighted by Crippen LogP contribution is -2.60. The summed E-state index contributed by atoms with van der Waals surface area (Å²) in [6.07, 6.45) is 12.9. The van der Waals surface area contributed by atoms with E-state index in [0.29, 0.717) is 112 Å². The summed E-state index contributed by atoms with van der Waals surface area (Å²) in [6, 6.07) is 17.0. The van der Waals surface area contributed by atoms with Crippen LogP contribution in [0.3, 0.4) is 0 Å². The molecule has 392 valence electrons. The van der Waals surface area contributed by atoms with Crippen molar-refractivity contribution in [2.45, 2.75) is 61.9 Å². The van der Waals surface area contributed by atoms with Gasteiger partial charge in [0, 0.05) is 71.3 Å². The van der Waals surface area contributed by atoms with Crippen molar-refractivity contribution < 1.29 is 38.6 Å². The standard InChI is InChI=1S/C27H20Cl3N5O3.C27H21Cl3N4O5/c1-31-16-4-7-23(33-9-16)35-13-27(36,14-35)19-6-5-17(8-20(19)28)37-12-18-25(34-38-26(18)15-2-3-15)24-21(29)10-32-11-22(24)30;28-19-7-16(4-5-18(19)27(37)12-34(13-27)22-6-3-15(8-32-22)26(35)36)38-11-17-24(33-39-25(17)14-1-2-14)23-20(29)9-31-10-21(23)30/h4-11,15,36H,2-3,12-14H2;3-10,14,37H,1-2,11-13H2,(H,35,36). The molecule has 2 aliphatic carbocycles. The van der Waals surface area contributed by atoms with Crippen LogP contribution in [-0.2, 0) is 24.4 Å². The normalized spacial score (nSPS) is 16.1. The quantitative estimate of drug-likeness (QED) is 0.0815. The highest BCUT2D eigenvalue weighted by atomic mass is 35.5. The Labute approximate surface area is 469 Å². The van der Waals surface area contributed by atoms with Gasteiger partial charge in [0.2, 0.25) is 5.69 Å². The van der Waals surface area contributed by atoms with Crippen molar-refractivity contribution in [3.8, 4) is 34.0 Å². The molecule has 2 aromatic carbocycles. The zero-order chi connectivity index (χ0) is 53.8. The second kappa shape index (κ2) is 21.3. The van der Waals surface area contributed by atoms with E-state index >= 15 is 0 Å². The molecule has 8 aromatic rings. The molecule has 4 aliphatic rings. The van der Waals surface area contributed by atoms with Gasteiger partial charge in [-0.15, -0.1) is 0 Å². The predicted molar refractivity (Wildman–Crippen MR) is 289 cm³/mol. The maximum absolute atomic E-state index is 11.2. The van der Waals surface area contributed by atoms with Gasteiger partial charge < -0.3 is 43.6 Å². The zero-order valence-corrected chi connectivity index (χ0v) is 44.7. The molecule has 77 heavy (non-hydrogen) atoms. The number of benzene rings is 2. The molecule has 0 amide bonds. The van der Waals surface area contributed by atoms with E-state index in [1.807, 2.05) is 9.80 Å². The van der Waals surface area contributed by atoms with Crippen molar-refractivity contribution in [3.05, 3.63) is 179 Å². The monoisotopic (exact) mass is 1150 g/mol. The summed E-state index contributed by atoms with van der Waals surface area (Å²) in [5, 5.41) is 42.2. The van der Waals surface area contributed by atoms with E-state index < -0.39 is 17.2 Å². The Hall–Kier alpha value is -6.72. The highest BCUT2D eigenvalue weighted by Crippen LogP contribution is 2.48. The average molecular weight is 1160 g/mol. The van der Waals surface area contributed by atoms with Crippen molar-refractivity contribution in [1.82, 2.24) is 30.2 Å². The number of aromatic carboxylic acids is 1. The van der Waals surface area contributed by atoms with Gasteiger partial charge in [-0.3, -0.25) is 15.0 Å². The lowest BCUT2D eigenvalue weighted by Gasteiger charge is -2.47. The third kappa shape index (κ3) is 10.7. The summed E-state index contributed by atoms with van der Waals surface area (Å²) in [7, 11) is 0. The van der Waals surface area contributed by atoms with E-state index in [-0.39, 0.29) is 37.8 Å². The number of carboxylic acid groups (broad SMARTS) is 1. The smallest absolute Gasteiger partial charge is 0.337 e. The van der Waals surface area contributed by atoms with Gasteiger partial charge in [0.05, 0.1) is 79.6 Å². The maximum Gasteiger partial charge on any atom is 0.337 e. The van der Waals surface area contributed by atoms with Crippen LogP contribution in [0.15, 0.2) is 107 Å². The minimum atomic E-state index is -1.18. The molecule has 2 saturated heterocycles. The molecule has 4 fully saturated rings. The molecule has 0 atom stereocenters. The first-order chi connectivity index (χ1) is 37.1. The molecule has 23 heteroatoms. The molecule has 0 unspecified atom stereocenters. The molecule has 0 spiro atoms. The number of aliphatic hydroxyl groups is 2. The van der Waals surface area contributed by atoms with E-state index in [0.717, 1.165) is 48.3 Å². The van der Waals surface area contributed by atoms with Crippen LogP contribution < -0.4 is 19.3 Å². The molecular weight excluding hydrogens is 1120 g/mol. The van der Waals surface area contributed by atoms with Crippen LogP contribution in [0, 0.1) is 6.57 Å². The first kappa shape index (κ1) is 52.3. The number of pyridine rings is 4.